The molecule has 0 aromatic heterocycles. The third-order valence-electron chi connectivity index (χ3n) is 3.86. The van der Waals surface area contributed by atoms with E-state index in [1.165, 1.54) is 12.8 Å². The van der Waals surface area contributed by atoms with E-state index >= 15 is 0 Å². The Morgan fingerprint density at radius 1 is 1.40 bits per heavy atom. The second kappa shape index (κ2) is 4.42. The summed E-state index contributed by atoms with van der Waals surface area (Å²) in [5.74, 6) is 2.45. The van der Waals surface area contributed by atoms with Crippen molar-refractivity contribution in [2.75, 3.05) is 19.7 Å². The van der Waals surface area contributed by atoms with Crippen molar-refractivity contribution in [3.63, 3.8) is 0 Å². The first kappa shape index (κ1) is 10.8. The summed E-state index contributed by atoms with van der Waals surface area (Å²) in [6.07, 6.45) is 3.84. The Kier molecular flexibility index (Phi) is 3.17. The quantitative estimate of drug-likeness (QED) is 0.718. The number of hydrogen-bond donors (Lipinski definition) is 0. The number of carbonyl (C=O) groups is 1. The Hall–Kier alpha value is -0.730. The number of ether oxygens (including phenoxy) is 1. The molecule has 0 radical (unpaired) electrons. The molecule has 15 heavy (non-hydrogen) atoms. The van der Waals surface area contributed by atoms with Crippen molar-refractivity contribution in [3.8, 4) is 0 Å². The van der Waals surface area contributed by atoms with E-state index in [2.05, 4.69) is 6.92 Å². The summed E-state index contributed by atoms with van der Waals surface area (Å²) in [6.45, 7) is 6.49. The largest absolute Gasteiger partial charge is 0.450 e. The van der Waals surface area contributed by atoms with Crippen molar-refractivity contribution in [1.82, 2.24) is 4.90 Å². The van der Waals surface area contributed by atoms with E-state index in [0.29, 0.717) is 12.5 Å². The minimum Gasteiger partial charge on any atom is -0.450 e. The number of likely N-dealkylation sites (tertiary alicyclic amines) is 1. The lowest BCUT2D eigenvalue weighted by molar-refractivity contribution is 0.113. The van der Waals surface area contributed by atoms with Crippen LogP contribution in [0.1, 0.15) is 33.1 Å². The summed E-state index contributed by atoms with van der Waals surface area (Å²) in [5.41, 5.74) is 0. The summed E-state index contributed by atoms with van der Waals surface area (Å²) in [5, 5.41) is 0. The minimum atomic E-state index is -0.122. The van der Waals surface area contributed by atoms with E-state index in [4.69, 9.17) is 4.74 Å². The van der Waals surface area contributed by atoms with Gasteiger partial charge in [-0.15, -0.1) is 0 Å². The average molecular weight is 211 g/mol. The molecule has 1 aliphatic carbocycles. The van der Waals surface area contributed by atoms with Gasteiger partial charge in [-0.05, 0) is 43.9 Å². The van der Waals surface area contributed by atoms with Crippen LogP contribution in [0.25, 0.3) is 0 Å². The van der Waals surface area contributed by atoms with Crippen LogP contribution in [0.4, 0.5) is 4.79 Å². The van der Waals surface area contributed by atoms with Gasteiger partial charge >= 0.3 is 6.09 Å². The maximum atomic E-state index is 11.5. The van der Waals surface area contributed by atoms with Gasteiger partial charge in [-0.3, -0.25) is 0 Å². The van der Waals surface area contributed by atoms with E-state index in [0.717, 1.165) is 31.3 Å². The molecule has 0 spiro atoms. The summed E-state index contributed by atoms with van der Waals surface area (Å²) in [4.78, 5) is 13.4. The zero-order valence-corrected chi connectivity index (χ0v) is 9.74. The van der Waals surface area contributed by atoms with Crippen molar-refractivity contribution in [1.29, 1.82) is 0 Å². The highest BCUT2D eigenvalue weighted by Gasteiger charge is 2.37. The number of rotatable bonds is 3. The maximum Gasteiger partial charge on any atom is 0.409 e. The second-order valence-electron chi connectivity index (χ2n) is 4.89. The molecule has 1 heterocycles. The molecule has 0 aromatic carbocycles. The normalized spacial score (nSPS) is 27.9. The first-order valence-electron chi connectivity index (χ1n) is 6.14. The molecule has 2 unspecified atom stereocenters. The highest BCUT2D eigenvalue weighted by atomic mass is 16.6. The van der Waals surface area contributed by atoms with Gasteiger partial charge in [0.05, 0.1) is 6.61 Å². The van der Waals surface area contributed by atoms with Crippen molar-refractivity contribution in [3.05, 3.63) is 0 Å². The third kappa shape index (κ3) is 2.44. The number of carbonyl (C=O) groups excluding carboxylic acids is 1. The molecule has 1 saturated carbocycles. The van der Waals surface area contributed by atoms with Gasteiger partial charge in [0.2, 0.25) is 0 Å². The van der Waals surface area contributed by atoms with Crippen LogP contribution in [0.5, 0.6) is 0 Å². The van der Waals surface area contributed by atoms with Gasteiger partial charge in [-0.2, -0.15) is 0 Å². The smallest absolute Gasteiger partial charge is 0.409 e. The fraction of sp³-hybridized carbons (Fsp3) is 0.917. The third-order valence-corrected chi connectivity index (χ3v) is 3.86. The lowest BCUT2D eigenvalue weighted by atomic mass is 9.89. The topological polar surface area (TPSA) is 29.5 Å². The Balaban J connectivity index is 1.80. The zero-order valence-electron chi connectivity index (χ0n) is 9.74. The molecule has 2 aliphatic rings. The van der Waals surface area contributed by atoms with E-state index in [1.807, 2.05) is 11.8 Å². The molecule has 2 atom stereocenters. The predicted octanol–water partition coefficient (Wildman–Crippen LogP) is 2.51. The van der Waals surface area contributed by atoms with Crippen LogP contribution in [0.15, 0.2) is 0 Å². The van der Waals surface area contributed by atoms with Gasteiger partial charge in [0, 0.05) is 13.1 Å². The van der Waals surface area contributed by atoms with Crippen LogP contribution in [-0.2, 0) is 4.74 Å². The highest BCUT2D eigenvalue weighted by Crippen LogP contribution is 2.42. The summed E-state index contributed by atoms with van der Waals surface area (Å²) < 4.78 is 5.02. The van der Waals surface area contributed by atoms with E-state index in [1.54, 1.807) is 0 Å². The first-order valence-corrected chi connectivity index (χ1v) is 6.14. The van der Waals surface area contributed by atoms with E-state index < -0.39 is 0 Å². The van der Waals surface area contributed by atoms with Crippen LogP contribution >= 0.6 is 0 Å². The fourth-order valence-corrected chi connectivity index (χ4v) is 2.60. The van der Waals surface area contributed by atoms with Crippen LogP contribution in [0, 0.1) is 17.8 Å². The van der Waals surface area contributed by atoms with Crippen molar-refractivity contribution < 1.29 is 9.53 Å². The van der Waals surface area contributed by atoms with Crippen LogP contribution in [0.3, 0.4) is 0 Å². The van der Waals surface area contributed by atoms with Crippen molar-refractivity contribution >= 4 is 6.09 Å². The Labute approximate surface area is 91.8 Å². The molecular weight excluding hydrogens is 190 g/mol. The molecule has 86 valence electrons. The summed E-state index contributed by atoms with van der Waals surface area (Å²) in [6, 6.07) is 0. The standard InChI is InChI=1S/C12H21NO2/c1-3-15-12(14)13-7-6-11(8-13)9(2)10-4-5-10/h9-11H,3-8H2,1-2H3. The molecule has 2 fully saturated rings. The van der Waals surface area contributed by atoms with Crippen molar-refractivity contribution in [2.24, 2.45) is 17.8 Å². The van der Waals surface area contributed by atoms with Crippen LogP contribution in [0.2, 0.25) is 0 Å². The van der Waals surface area contributed by atoms with Gasteiger partial charge in [-0.1, -0.05) is 6.92 Å². The van der Waals surface area contributed by atoms with Gasteiger partial charge in [-0.25, -0.2) is 4.79 Å². The van der Waals surface area contributed by atoms with Gasteiger partial charge in [0.1, 0.15) is 0 Å². The highest BCUT2D eigenvalue weighted by molar-refractivity contribution is 5.67. The minimum absolute atomic E-state index is 0.122. The SMILES string of the molecule is CCOC(=O)N1CCC(C(C)C2CC2)C1. The van der Waals surface area contributed by atoms with Crippen molar-refractivity contribution in [2.45, 2.75) is 33.1 Å². The Morgan fingerprint density at radius 2 is 2.13 bits per heavy atom. The lowest BCUT2D eigenvalue weighted by Crippen LogP contribution is -2.30. The Morgan fingerprint density at radius 3 is 2.73 bits per heavy atom. The molecule has 1 saturated heterocycles. The zero-order chi connectivity index (χ0) is 10.8. The molecule has 3 nitrogen and oxygen atoms in total. The number of hydrogen-bond acceptors (Lipinski definition) is 2. The first-order chi connectivity index (χ1) is 7.22. The van der Waals surface area contributed by atoms with E-state index in [-0.39, 0.29) is 6.09 Å². The predicted molar refractivity (Wildman–Crippen MR) is 58.6 cm³/mol. The molecule has 3 heteroatoms. The van der Waals surface area contributed by atoms with Gasteiger partial charge in [0.15, 0.2) is 0 Å². The molecule has 0 N–H and O–H groups in total. The molecule has 1 aliphatic heterocycles. The lowest BCUT2D eigenvalue weighted by Gasteiger charge is -2.19. The molecule has 2 rings (SSSR count). The maximum absolute atomic E-state index is 11.5. The summed E-state index contributed by atoms with van der Waals surface area (Å²) >= 11 is 0. The fourth-order valence-electron chi connectivity index (χ4n) is 2.60. The van der Waals surface area contributed by atoms with E-state index in [9.17, 15) is 4.79 Å². The van der Waals surface area contributed by atoms with Crippen LogP contribution < -0.4 is 0 Å². The summed E-state index contributed by atoms with van der Waals surface area (Å²) in [7, 11) is 0. The second-order valence-corrected chi connectivity index (χ2v) is 4.89. The number of amides is 1. The number of nitrogens with zero attached hydrogens (tertiary/aromatic N) is 1. The average Bonchev–Trinajstić information content (AvgIpc) is 2.95. The molecular formula is C12H21NO2. The molecule has 1 amide bonds. The Bertz CT molecular complexity index is 238. The van der Waals surface area contributed by atoms with Gasteiger partial charge < -0.3 is 9.64 Å². The van der Waals surface area contributed by atoms with Crippen LogP contribution in [-0.4, -0.2) is 30.7 Å². The molecule has 0 bridgehead atoms. The molecule has 0 aromatic rings. The monoisotopic (exact) mass is 211 g/mol. The van der Waals surface area contributed by atoms with Gasteiger partial charge in [0.25, 0.3) is 0 Å².